The van der Waals surface area contributed by atoms with Crippen LogP contribution >= 0.6 is 7.75 Å². The van der Waals surface area contributed by atoms with Gasteiger partial charge in [-0.05, 0) is 19.1 Å². The van der Waals surface area contributed by atoms with Gasteiger partial charge in [-0.1, -0.05) is 24.1 Å². The molecule has 0 spiro atoms. The molecule has 14 heteroatoms. The maximum atomic E-state index is 13.3. The highest BCUT2D eigenvalue weighted by molar-refractivity contribution is 7.52. The first-order chi connectivity index (χ1) is 16.0. The van der Waals surface area contributed by atoms with Crippen molar-refractivity contribution in [3.8, 4) is 18.1 Å². The van der Waals surface area contributed by atoms with Gasteiger partial charge in [-0.3, -0.25) is 23.7 Å². The Morgan fingerprint density at radius 3 is 2.65 bits per heavy atom. The van der Waals surface area contributed by atoms with Crippen molar-refractivity contribution in [2.24, 2.45) is 0 Å². The van der Waals surface area contributed by atoms with Crippen molar-refractivity contribution >= 4 is 13.7 Å². The molecule has 1 aromatic heterocycles. The molecule has 1 aliphatic rings. The van der Waals surface area contributed by atoms with Gasteiger partial charge in [0.15, 0.2) is 11.8 Å². The third-order valence-electron chi connectivity index (χ3n) is 4.92. The van der Waals surface area contributed by atoms with E-state index in [-0.39, 0.29) is 5.75 Å². The van der Waals surface area contributed by atoms with Gasteiger partial charge >= 0.3 is 19.4 Å². The van der Waals surface area contributed by atoms with Crippen LogP contribution in [0.2, 0.25) is 0 Å². The van der Waals surface area contributed by atoms with Crippen LogP contribution in [0, 0.1) is 12.3 Å². The van der Waals surface area contributed by atoms with Crippen molar-refractivity contribution in [3.63, 3.8) is 0 Å². The van der Waals surface area contributed by atoms with E-state index in [0.717, 1.165) is 16.8 Å². The van der Waals surface area contributed by atoms with E-state index < -0.39 is 61.7 Å². The summed E-state index contributed by atoms with van der Waals surface area (Å²) in [6.45, 7) is 0.520. The van der Waals surface area contributed by atoms with Gasteiger partial charge in [0.05, 0.1) is 6.61 Å². The number of carboxylic acids is 1. The molecule has 13 nitrogen and oxygen atoms in total. The zero-order chi connectivity index (χ0) is 25.1. The number of benzene rings is 1. The van der Waals surface area contributed by atoms with Crippen molar-refractivity contribution in [1.29, 1.82) is 0 Å². The number of hydrogen-bond acceptors (Lipinski definition) is 9. The number of H-pyrrole nitrogens is 1. The van der Waals surface area contributed by atoms with Crippen molar-refractivity contribution in [1.82, 2.24) is 14.6 Å². The van der Waals surface area contributed by atoms with E-state index in [2.05, 4.69) is 5.09 Å². The van der Waals surface area contributed by atoms with Crippen LogP contribution in [0.1, 0.15) is 13.2 Å². The highest BCUT2D eigenvalue weighted by Crippen LogP contribution is 2.46. The van der Waals surface area contributed by atoms with E-state index in [1.165, 1.54) is 19.1 Å². The number of nitrogens with zero attached hydrogens (tertiary/aromatic N) is 1. The Hall–Kier alpha value is -3.24. The number of para-hydroxylation sites is 1. The lowest BCUT2D eigenvalue weighted by Crippen LogP contribution is -2.48. The van der Waals surface area contributed by atoms with E-state index >= 15 is 0 Å². The predicted molar refractivity (Wildman–Crippen MR) is 116 cm³/mol. The number of hydrogen-bond donors (Lipinski definition) is 5. The van der Waals surface area contributed by atoms with Crippen LogP contribution in [-0.2, 0) is 18.6 Å². The molecule has 0 saturated carbocycles. The average Bonchev–Trinajstić information content (AvgIpc) is 3.04. The average molecular weight is 495 g/mol. The maximum Gasteiger partial charge on any atom is 0.459 e. The minimum Gasteiger partial charge on any atom is -0.480 e. The smallest absolute Gasteiger partial charge is 0.459 e. The van der Waals surface area contributed by atoms with Gasteiger partial charge in [0.1, 0.15) is 24.0 Å². The summed E-state index contributed by atoms with van der Waals surface area (Å²) in [5, 5.41) is 32.8. The first kappa shape index (κ1) is 25.4. The summed E-state index contributed by atoms with van der Waals surface area (Å²) in [5.74, 6) is 0.737. The quantitative estimate of drug-likeness (QED) is 0.221. The van der Waals surface area contributed by atoms with E-state index in [1.807, 2.05) is 10.9 Å². The van der Waals surface area contributed by atoms with Gasteiger partial charge < -0.3 is 24.6 Å². The Morgan fingerprint density at radius 2 is 2.06 bits per heavy atom. The van der Waals surface area contributed by atoms with E-state index in [4.69, 9.17) is 25.3 Å². The summed E-state index contributed by atoms with van der Waals surface area (Å²) in [5.41, 5.74) is -4.10. The fourth-order valence-electron chi connectivity index (χ4n) is 3.12. The standard InChI is InChI=1S/C20H22N3O10P/c1-3-20(29)16(25)14(32-18(20)23-10-9-15(24)21-19(23)28)11-31-34(30,22-12(2)17(26)27)33-13-7-5-4-6-8-13/h1,4-10,12,14,16,18,25,29H,11H2,2H3,(H,22,30)(H,26,27)(H,21,24,28)/t12?,14-,16-,18-,20-,34?/m1/s1. The fraction of sp³-hybridized carbons (Fsp3) is 0.350. The molecular formula is C20H22N3O10P. The van der Waals surface area contributed by atoms with Crippen LogP contribution in [0.4, 0.5) is 0 Å². The monoisotopic (exact) mass is 495 g/mol. The second-order valence-electron chi connectivity index (χ2n) is 7.35. The molecule has 2 aromatic rings. The number of aromatic amines is 1. The summed E-state index contributed by atoms with van der Waals surface area (Å²) in [6, 6.07) is 7.40. The minimum absolute atomic E-state index is 0.0987. The Morgan fingerprint density at radius 1 is 1.38 bits per heavy atom. The number of aromatic nitrogens is 2. The summed E-state index contributed by atoms with van der Waals surface area (Å²) in [4.78, 5) is 36.7. The van der Waals surface area contributed by atoms with E-state index in [9.17, 15) is 29.2 Å². The Balaban J connectivity index is 1.85. The largest absolute Gasteiger partial charge is 0.480 e. The number of ether oxygens (including phenoxy) is 1. The summed E-state index contributed by atoms with van der Waals surface area (Å²) < 4.78 is 30.3. The Labute approximate surface area is 192 Å². The van der Waals surface area contributed by atoms with Crippen molar-refractivity contribution in [2.45, 2.75) is 37.0 Å². The van der Waals surface area contributed by atoms with Gasteiger partial charge in [0.2, 0.25) is 0 Å². The topological polar surface area (TPSA) is 189 Å². The molecule has 0 amide bonds. The van der Waals surface area contributed by atoms with Crippen LogP contribution in [0.15, 0.2) is 52.2 Å². The molecule has 2 unspecified atom stereocenters. The minimum atomic E-state index is -4.36. The van der Waals surface area contributed by atoms with Gasteiger partial charge in [-0.15, -0.1) is 6.42 Å². The van der Waals surface area contributed by atoms with Crippen molar-refractivity contribution in [3.05, 3.63) is 63.4 Å². The lowest BCUT2D eigenvalue weighted by Gasteiger charge is -2.26. The van der Waals surface area contributed by atoms with Crippen LogP contribution < -0.4 is 20.9 Å². The van der Waals surface area contributed by atoms with Gasteiger partial charge in [0, 0.05) is 12.3 Å². The molecular weight excluding hydrogens is 473 g/mol. The Kier molecular flexibility index (Phi) is 7.42. The molecule has 2 heterocycles. The predicted octanol–water partition coefficient (Wildman–Crippen LogP) is -0.574. The number of terminal acetylenes is 1. The van der Waals surface area contributed by atoms with Gasteiger partial charge in [-0.2, -0.15) is 5.09 Å². The molecule has 182 valence electrons. The maximum absolute atomic E-state index is 13.3. The molecule has 0 bridgehead atoms. The number of aliphatic hydroxyl groups is 2. The molecule has 1 fully saturated rings. The summed E-state index contributed by atoms with van der Waals surface area (Å²) in [6.07, 6.45) is 1.51. The molecule has 1 aliphatic heterocycles. The number of aliphatic carboxylic acids is 1. The van der Waals surface area contributed by atoms with Crippen LogP contribution in [0.25, 0.3) is 0 Å². The zero-order valence-electron chi connectivity index (χ0n) is 17.7. The third kappa shape index (κ3) is 5.28. The fourth-order valence-corrected chi connectivity index (χ4v) is 4.63. The molecule has 3 rings (SSSR count). The van der Waals surface area contributed by atoms with Crippen molar-refractivity contribution in [2.75, 3.05) is 6.61 Å². The first-order valence-corrected chi connectivity index (χ1v) is 11.4. The number of aliphatic hydroxyl groups excluding tert-OH is 1. The lowest BCUT2D eigenvalue weighted by molar-refractivity contribution is -0.138. The van der Waals surface area contributed by atoms with Crippen molar-refractivity contribution < 1.29 is 38.5 Å². The van der Waals surface area contributed by atoms with Crippen LogP contribution in [0.5, 0.6) is 5.75 Å². The van der Waals surface area contributed by atoms with E-state index in [0.29, 0.717) is 0 Å². The van der Waals surface area contributed by atoms with Gasteiger partial charge in [-0.25, -0.2) is 9.36 Å². The zero-order valence-corrected chi connectivity index (χ0v) is 18.6. The number of carboxylic acid groups (broad SMARTS) is 1. The second-order valence-corrected chi connectivity index (χ2v) is 9.04. The molecule has 1 saturated heterocycles. The molecule has 6 atom stereocenters. The molecule has 0 aliphatic carbocycles. The second kappa shape index (κ2) is 9.94. The first-order valence-electron chi connectivity index (χ1n) is 9.84. The van der Waals surface area contributed by atoms with Crippen LogP contribution in [-0.4, -0.2) is 61.3 Å². The highest BCUT2D eigenvalue weighted by atomic mass is 31.2. The highest BCUT2D eigenvalue weighted by Gasteiger charge is 2.56. The molecule has 34 heavy (non-hydrogen) atoms. The summed E-state index contributed by atoms with van der Waals surface area (Å²) in [7, 11) is -4.36. The molecule has 1 aromatic carbocycles. The van der Waals surface area contributed by atoms with Crippen LogP contribution in [0.3, 0.4) is 0 Å². The van der Waals surface area contributed by atoms with Gasteiger partial charge in [0.25, 0.3) is 5.56 Å². The third-order valence-corrected chi connectivity index (χ3v) is 6.56. The molecule has 0 radical (unpaired) electrons. The molecule has 5 N–H and O–H groups in total. The van der Waals surface area contributed by atoms with E-state index in [1.54, 1.807) is 18.2 Å². The summed E-state index contributed by atoms with van der Waals surface area (Å²) >= 11 is 0. The normalized spacial score (nSPS) is 26.8. The number of nitrogens with one attached hydrogen (secondary N) is 2. The number of rotatable bonds is 9. The lowest BCUT2D eigenvalue weighted by atomic mass is 9.95. The number of carbonyl (C=O) groups is 1. The Bertz CT molecular complexity index is 1240. The SMILES string of the molecule is C#C[C@@]1(O)[C@H](O)[C@@H](COP(=O)(NC(C)C(=O)O)Oc2ccccc2)O[C@H]1n1ccc(=O)[nH]c1=O.